The van der Waals surface area contributed by atoms with Gasteiger partial charge < -0.3 is 9.84 Å². The van der Waals surface area contributed by atoms with E-state index in [1.165, 1.54) is 31.4 Å². The number of carboxylic acid groups (broad SMARTS) is 1. The molecule has 24 heavy (non-hydrogen) atoms. The minimum Gasteiger partial charge on any atom is -0.496 e. The van der Waals surface area contributed by atoms with Gasteiger partial charge in [0.15, 0.2) is 0 Å². The first kappa shape index (κ1) is 17.6. The number of ether oxygens (including phenoxy) is 1. The Morgan fingerprint density at radius 1 is 1.17 bits per heavy atom. The van der Waals surface area contributed by atoms with Crippen LogP contribution in [0.5, 0.6) is 5.75 Å². The molecule has 0 atom stereocenters. The number of carboxylic acids is 1. The van der Waals surface area contributed by atoms with E-state index in [-0.39, 0.29) is 11.1 Å². The van der Waals surface area contributed by atoms with Gasteiger partial charge in [0.05, 0.1) is 18.2 Å². The molecule has 2 rings (SSSR count). The van der Waals surface area contributed by atoms with Crippen LogP contribution in [0, 0.1) is 6.92 Å². The number of carbonyl (C=O) groups is 1. The fraction of sp³-hybridized carbons (Fsp3) is 0.167. The Hall–Kier alpha value is -2.76. The lowest BCUT2D eigenvalue weighted by Gasteiger charge is -2.12. The third-order valence-electron chi connectivity index (χ3n) is 3.50. The summed E-state index contributed by atoms with van der Waals surface area (Å²) in [6.45, 7) is 1.73. The quantitative estimate of drug-likeness (QED) is 0.653. The van der Waals surface area contributed by atoms with Gasteiger partial charge in [-0.2, -0.15) is 13.2 Å². The van der Waals surface area contributed by atoms with E-state index in [0.717, 1.165) is 12.1 Å². The number of hydrogen-bond donors (Lipinski definition) is 1. The molecule has 2 aromatic rings. The molecule has 126 valence electrons. The van der Waals surface area contributed by atoms with Crippen LogP contribution in [-0.4, -0.2) is 18.2 Å². The highest BCUT2D eigenvalue weighted by Crippen LogP contribution is 2.34. The van der Waals surface area contributed by atoms with Crippen molar-refractivity contribution >= 4 is 17.6 Å². The third kappa shape index (κ3) is 3.76. The predicted octanol–water partition coefficient (Wildman–Crippen LogP) is 4.65. The largest absolute Gasteiger partial charge is 0.496 e. The summed E-state index contributed by atoms with van der Waals surface area (Å²) >= 11 is 0. The highest BCUT2D eigenvalue weighted by molar-refractivity contribution is 6.20. The van der Waals surface area contributed by atoms with Gasteiger partial charge in [-0.1, -0.05) is 24.3 Å². The van der Waals surface area contributed by atoms with Gasteiger partial charge in [0.25, 0.3) is 0 Å². The van der Waals surface area contributed by atoms with Gasteiger partial charge in [0.1, 0.15) is 5.75 Å². The Morgan fingerprint density at radius 2 is 1.83 bits per heavy atom. The smallest absolute Gasteiger partial charge is 0.416 e. The number of halogens is 3. The molecule has 0 amide bonds. The van der Waals surface area contributed by atoms with E-state index >= 15 is 0 Å². The number of aliphatic carboxylic acids is 1. The van der Waals surface area contributed by atoms with Crippen LogP contribution in [0.15, 0.2) is 42.5 Å². The molecule has 0 saturated carbocycles. The van der Waals surface area contributed by atoms with Crippen molar-refractivity contribution in [1.82, 2.24) is 0 Å². The van der Waals surface area contributed by atoms with Crippen LogP contribution in [0.3, 0.4) is 0 Å². The number of benzene rings is 2. The monoisotopic (exact) mass is 336 g/mol. The minimum atomic E-state index is -4.56. The van der Waals surface area contributed by atoms with Crippen LogP contribution in [0.2, 0.25) is 0 Å². The SMILES string of the molecule is COc1ccc(/C(=C/c2ccccc2C(F)(F)F)C(=O)O)cc1C. The van der Waals surface area contributed by atoms with Crippen molar-refractivity contribution in [3.63, 3.8) is 0 Å². The first-order chi connectivity index (χ1) is 11.2. The molecule has 0 aliphatic rings. The molecule has 0 aliphatic heterocycles. The summed E-state index contributed by atoms with van der Waals surface area (Å²) in [5.41, 5.74) is -0.314. The van der Waals surface area contributed by atoms with Gasteiger partial charge in [-0.25, -0.2) is 4.79 Å². The van der Waals surface area contributed by atoms with E-state index < -0.39 is 17.7 Å². The zero-order valence-electron chi connectivity index (χ0n) is 13.0. The number of rotatable bonds is 4. The average molecular weight is 336 g/mol. The Labute approximate surface area is 137 Å². The van der Waals surface area contributed by atoms with Crippen molar-refractivity contribution in [3.8, 4) is 5.75 Å². The molecule has 0 spiro atoms. The van der Waals surface area contributed by atoms with Crippen LogP contribution < -0.4 is 4.74 Å². The Bertz CT molecular complexity index is 792. The maximum atomic E-state index is 13.1. The second-order valence-electron chi connectivity index (χ2n) is 5.13. The summed E-state index contributed by atoms with van der Waals surface area (Å²) in [7, 11) is 1.48. The van der Waals surface area contributed by atoms with Crippen molar-refractivity contribution in [3.05, 3.63) is 64.7 Å². The maximum Gasteiger partial charge on any atom is 0.416 e. The van der Waals surface area contributed by atoms with Crippen molar-refractivity contribution in [2.24, 2.45) is 0 Å². The van der Waals surface area contributed by atoms with E-state index in [9.17, 15) is 23.1 Å². The highest BCUT2D eigenvalue weighted by Gasteiger charge is 2.32. The molecule has 0 radical (unpaired) electrons. The lowest BCUT2D eigenvalue weighted by molar-refractivity contribution is -0.137. The molecule has 0 heterocycles. The van der Waals surface area contributed by atoms with E-state index in [2.05, 4.69) is 0 Å². The molecule has 0 aromatic heterocycles. The van der Waals surface area contributed by atoms with Gasteiger partial charge in [-0.05, 0) is 47.9 Å². The van der Waals surface area contributed by atoms with Gasteiger partial charge in [-0.3, -0.25) is 0 Å². The van der Waals surface area contributed by atoms with Crippen LogP contribution in [-0.2, 0) is 11.0 Å². The summed E-state index contributed by atoms with van der Waals surface area (Å²) < 4.78 is 44.3. The molecule has 0 bridgehead atoms. The zero-order chi connectivity index (χ0) is 17.9. The molecule has 1 N–H and O–H groups in total. The van der Waals surface area contributed by atoms with Crippen molar-refractivity contribution in [1.29, 1.82) is 0 Å². The normalized spacial score (nSPS) is 12.1. The van der Waals surface area contributed by atoms with Crippen LogP contribution in [0.25, 0.3) is 11.6 Å². The average Bonchev–Trinajstić information content (AvgIpc) is 2.51. The third-order valence-corrected chi connectivity index (χ3v) is 3.50. The summed E-state index contributed by atoms with van der Waals surface area (Å²) in [6, 6.07) is 9.50. The van der Waals surface area contributed by atoms with Gasteiger partial charge in [0.2, 0.25) is 0 Å². The summed E-state index contributed by atoms with van der Waals surface area (Å²) in [5, 5.41) is 9.42. The van der Waals surface area contributed by atoms with Gasteiger partial charge in [0, 0.05) is 0 Å². The molecule has 0 saturated heterocycles. The van der Waals surface area contributed by atoms with Crippen LogP contribution >= 0.6 is 0 Å². The van der Waals surface area contributed by atoms with E-state index in [4.69, 9.17) is 4.74 Å². The summed E-state index contributed by atoms with van der Waals surface area (Å²) in [4.78, 5) is 11.6. The lowest BCUT2D eigenvalue weighted by atomic mass is 9.98. The Morgan fingerprint density at radius 3 is 2.38 bits per heavy atom. The number of aryl methyl sites for hydroxylation is 1. The van der Waals surface area contributed by atoms with Gasteiger partial charge >= 0.3 is 12.1 Å². The second kappa shape index (κ2) is 6.78. The maximum absolute atomic E-state index is 13.1. The number of hydrogen-bond acceptors (Lipinski definition) is 2. The molecule has 6 heteroatoms. The molecule has 0 unspecified atom stereocenters. The van der Waals surface area contributed by atoms with Crippen LogP contribution in [0.4, 0.5) is 13.2 Å². The minimum absolute atomic E-state index is 0.198. The highest BCUT2D eigenvalue weighted by atomic mass is 19.4. The van der Waals surface area contributed by atoms with E-state index in [1.54, 1.807) is 19.1 Å². The lowest BCUT2D eigenvalue weighted by Crippen LogP contribution is -2.08. The van der Waals surface area contributed by atoms with Crippen LogP contribution in [0.1, 0.15) is 22.3 Å². The number of methoxy groups -OCH3 is 1. The zero-order valence-corrected chi connectivity index (χ0v) is 13.0. The topological polar surface area (TPSA) is 46.5 Å². The summed E-state index contributed by atoms with van der Waals surface area (Å²) in [5.74, 6) is -0.740. The predicted molar refractivity (Wildman–Crippen MR) is 84.7 cm³/mol. The second-order valence-corrected chi connectivity index (χ2v) is 5.13. The molecular weight excluding hydrogens is 321 g/mol. The Kier molecular flexibility index (Phi) is 4.97. The molecular formula is C18H15F3O3. The fourth-order valence-corrected chi connectivity index (χ4v) is 2.35. The van der Waals surface area contributed by atoms with E-state index in [0.29, 0.717) is 16.9 Å². The molecule has 0 aliphatic carbocycles. The standard InChI is InChI=1S/C18H15F3O3/c1-11-9-12(7-8-16(11)24-2)14(17(22)23)10-13-5-3-4-6-15(13)18(19,20)21/h3-10H,1-2H3,(H,22,23)/b14-10-. The van der Waals surface area contributed by atoms with E-state index in [1.807, 2.05) is 0 Å². The van der Waals surface area contributed by atoms with Gasteiger partial charge in [-0.15, -0.1) is 0 Å². The van der Waals surface area contributed by atoms with Crippen molar-refractivity contribution in [2.75, 3.05) is 7.11 Å². The molecule has 2 aromatic carbocycles. The summed E-state index contributed by atoms with van der Waals surface area (Å²) in [6.07, 6.45) is -3.53. The number of alkyl halides is 3. The first-order valence-electron chi connectivity index (χ1n) is 7.00. The van der Waals surface area contributed by atoms with Crippen molar-refractivity contribution in [2.45, 2.75) is 13.1 Å². The van der Waals surface area contributed by atoms with Crippen molar-refractivity contribution < 1.29 is 27.8 Å². The molecule has 0 fully saturated rings. The fourth-order valence-electron chi connectivity index (χ4n) is 2.35. The molecule has 3 nitrogen and oxygen atoms in total. The first-order valence-corrected chi connectivity index (χ1v) is 7.00. The Balaban J connectivity index is 2.59.